The van der Waals surface area contributed by atoms with E-state index in [9.17, 15) is 18.8 Å². The maximum absolute atomic E-state index is 12.9. The molecule has 1 atom stereocenters. The number of halogens is 1. The Morgan fingerprint density at radius 3 is 2.38 bits per heavy atom. The van der Waals surface area contributed by atoms with Crippen molar-refractivity contribution in [2.45, 2.75) is 38.1 Å². The van der Waals surface area contributed by atoms with Crippen LogP contribution in [0.3, 0.4) is 0 Å². The van der Waals surface area contributed by atoms with E-state index < -0.39 is 5.82 Å². The summed E-state index contributed by atoms with van der Waals surface area (Å²) in [5, 5.41) is 0. The third kappa shape index (κ3) is 4.04. The lowest BCUT2D eigenvalue weighted by Gasteiger charge is -2.23. The van der Waals surface area contributed by atoms with Crippen LogP contribution >= 0.6 is 0 Å². The minimum Gasteiger partial charge on any atom is -0.294 e. The number of imide groups is 1. The zero-order valence-corrected chi connectivity index (χ0v) is 14.4. The number of carbonyl (C=O) groups excluding carboxylic acids is 3. The summed E-state index contributed by atoms with van der Waals surface area (Å²) in [7, 11) is 0. The maximum Gasteiger partial charge on any atom is 0.229 e. The van der Waals surface area contributed by atoms with Gasteiger partial charge in [0, 0.05) is 24.8 Å². The summed E-state index contributed by atoms with van der Waals surface area (Å²) in [6.07, 6.45) is 1.68. The van der Waals surface area contributed by atoms with Crippen LogP contribution in [0.1, 0.15) is 54.1 Å². The molecular formula is C21H20FNO3. The van der Waals surface area contributed by atoms with Crippen molar-refractivity contribution in [1.29, 1.82) is 0 Å². The molecule has 0 saturated carbocycles. The van der Waals surface area contributed by atoms with Gasteiger partial charge in [-0.25, -0.2) is 4.39 Å². The third-order valence-corrected chi connectivity index (χ3v) is 4.63. The van der Waals surface area contributed by atoms with Crippen LogP contribution in [0.4, 0.5) is 4.39 Å². The molecule has 0 spiro atoms. The minimum absolute atomic E-state index is 0.134. The smallest absolute Gasteiger partial charge is 0.229 e. The second-order valence-corrected chi connectivity index (χ2v) is 6.41. The van der Waals surface area contributed by atoms with Crippen molar-refractivity contribution in [3.8, 4) is 0 Å². The molecule has 1 aliphatic heterocycles. The second kappa shape index (κ2) is 8.04. The molecule has 0 unspecified atom stereocenters. The molecule has 26 heavy (non-hydrogen) atoms. The highest BCUT2D eigenvalue weighted by molar-refractivity contribution is 5.98. The molecule has 0 bridgehead atoms. The summed E-state index contributed by atoms with van der Waals surface area (Å²) >= 11 is 0. The summed E-state index contributed by atoms with van der Waals surface area (Å²) in [4.78, 5) is 38.1. The highest BCUT2D eigenvalue weighted by Crippen LogP contribution is 2.33. The Bertz CT molecular complexity index is 802. The average molecular weight is 353 g/mol. The van der Waals surface area contributed by atoms with E-state index in [0.29, 0.717) is 24.8 Å². The molecule has 0 N–H and O–H groups in total. The number of hydrogen-bond donors (Lipinski definition) is 0. The molecule has 0 radical (unpaired) electrons. The Hall–Kier alpha value is -2.82. The topological polar surface area (TPSA) is 54.5 Å². The monoisotopic (exact) mass is 353 g/mol. The van der Waals surface area contributed by atoms with Gasteiger partial charge in [-0.15, -0.1) is 0 Å². The SMILES string of the molecule is O=C(CCCC(=O)N1C(=O)CC[C@@H]1c1ccccc1)c1ccc(F)cc1. The maximum atomic E-state index is 12.9. The van der Waals surface area contributed by atoms with Crippen molar-refractivity contribution in [3.63, 3.8) is 0 Å². The number of hydrogen-bond acceptors (Lipinski definition) is 3. The molecule has 2 aromatic carbocycles. The lowest BCUT2D eigenvalue weighted by Crippen LogP contribution is -2.34. The molecule has 1 fully saturated rings. The van der Waals surface area contributed by atoms with Gasteiger partial charge in [0.05, 0.1) is 6.04 Å². The zero-order chi connectivity index (χ0) is 18.5. The number of ketones is 1. The van der Waals surface area contributed by atoms with Crippen LogP contribution in [0.2, 0.25) is 0 Å². The van der Waals surface area contributed by atoms with Crippen molar-refractivity contribution in [2.75, 3.05) is 0 Å². The number of nitrogens with zero attached hydrogens (tertiary/aromatic N) is 1. The van der Waals surface area contributed by atoms with E-state index in [-0.39, 0.29) is 36.5 Å². The summed E-state index contributed by atoms with van der Waals surface area (Å²) in [5.74, 6) is -0.927. The Balaban J connectivity index is 1.57. The van der Waals surface area contributed by atoms with Crippen molar-refractivity contribution < 1.29 is 18.8 Å². The molecule has 3 rings (SSSR count). The molecule has 5 heteroatoms. The lowest BCUT2D eigenvalue weighted by molar-refractivity contribution is -0.144. The van der Waals surface area contributed by atoms with Gasteiger partial charge in [-0.05, 0) is 42.7 Å². The van der Waals surface area contributed by atoms with Gasteiger partial charge >= 0.3 is 0 Å². The van der Waals surface area contributed by atoms with E-state index >= 15 is 0 Å². The molecule has 0 aromatic heterocycles. The Morgan fingerprint density at radius 2 is 1.69 bits per heavy atom. The number of carbonyl (C=O) groups is 3. The van der Waals surface area contributed by atoms with Crippen molar-refractivity contribution in [3.05, 3.63) is 71.5 Å². The van der Waals surface area contributed by atoms with Gasteiger partial charge in [-0.1, -0.05) is 30.3 Å². The molecular weight excluding hydrogens is 333 g/mol. The third-order valence-electron chi connectivity index (χ3n) is 4.63. The normalized spacial score (nSPS) is 16.7. The fourth-order valence-corrected chi connectivity index (χ4v) is 3.29. The fraction of sp³-hybridized carbons (Fsp3) is 0.286. The van der Waals surface area contributed by atoms with Gasteiger partial charge in [0.15, 0.2) is 5.78 Å². The number of benzene rings is 2. The first-order valence-corrected chi connectivity index (χ1v) is 8.75. The van der Waals surface area contributed by atoms with Crippen LogP contribution in [-0.2, 0) is 9.59 Å². The quantitative estimate of drug-likeness (QED) is 0.736. The molecule has 2 aromatic rings. The highest BCUT2D eigenvalue weighted by atomic mass is 19.1. The van der Waals surface area contributed by atoms with E-state index in [4.69, 9.17) is 0 Å². The first-order valence-electron chi connectivity index (χ1n) is 8.75. The summed E-state index contributed by atoms with van der Waals surface area (Å²) in [6, 6.07) is 14.7. The summed E-state index contributed by atoms with van der Waals surface area (Å²) in [5.41, 5.74) is 1.38. The van der Waals surface area contributed by atoms with Gasteiger partial charge in [-0.3, -0.25) is 19.3 Å². The van der Waals surface area contributed by atoms with Crippen LogP contribution in [0.5, 0.6) is 0 Å². The minimum atomic E-state index is -0.392. The fourth-order valence-electron chi connectivity index (χ4n) is 3.29. The van der Waals surface area contributed by atoms with E-state index in [0.717, 1.165) is 5.56 Å². The van der Waals surface area contributed by atoms with E-state index in [1.54, 1.807) is 0 Å². The molecule has 4 nitrogen and oxygen atoms in total. The first kappa shape index (κ1) is 18.0. The van der Waals surface area contributed by atoms with Crippen molar-refractivity contribution in [1.82, 2.24) is 4.90 Å². The molecule has 1 aliphatic rings. The molecule has 2 amide bonds. The predicted octanol–water partition coefficient (Wildman–Crippen LogP) is 4.07. The van der Waals surface area contributed by atoms with Crippen LogP contribution in [0, 0.1) is 5.82 Å². The first-order chi connectivity index (χ1) is 12.6. The van der Waals surface area contributed by atoms with Crippen LogP contribution < -0.4 is 0 Å². The summed E-state index contributed by atoms with van der Waals surface area (Å²) in [6.45, 7) is 0. The van der Waals surface area contributed by atoms with Crippen LogP contribution in [-0.4, -0.2) is 22.5 Å². The molecule has 134 valence electrons. The van der Waals surface area contributed by atoms with Crippen LogP contribution in [0.15, 0.2) is 54.6 Å². The zero-order valence-electron chi connectivity index (χ0n) is 14.4. The van der Waals surface area contributed by atoms with E-state index in [1.807, 2.05) is 30.3 Å². The molecule has 0 aliphatic carbocycles. The highest BCUT2D eigenvalue weighted by Gasteiger charge is 2.36. The van der Waals surface area contributed by atoms with Gasteiger partial charge < -0.3 is 0 Å². The second-order valence-electron chi connectivity index (χ2n) is 6.41. The molecule has 1 saturated heterocycles. The van der Waals surface area contributed by atoms with E-state index in [2.05, 4.69) is 0 Å². The predicted molar refractivity (Wildman–Crippen MR) is 94.9 cm³/mol. The summed E-state index contributed by atoms with van der Waals surface area (Å²) < 4.78 is 12.9. The Kier molecular flexibility index (Phi) is 5.56. The van der Waals surface area contributed by atoms with Crippen molar-refractivity contribution >= 4 is 17.6 Å². The molecule has 1 heterocycles. The van der Waals surface area contributed by atoms with E-state index in [1.165, 1.54) is 29.2 Å². The number of likely N-dealkylation sites (tertiary alicyclic amines) is 1. The number of rotatable bonds is 6. The number of amides is 2. The standard InChI is InChI=1S/C21H20FNO3/c22-17-11-9-16(10-12-17)19(24)7-4-8-20(25)23-18(13-14-21(23)26)15-5-2-1-3-6-15/h1-3,5-6,9-12,18H,4,7-8,13-14H2/t18-/m1/s1. The van der Waals surface area contributed by atoms with Crippen LogP contribution in [0.25, 0.3) is 0 Å². The van der Waals surface area contributed by atoms with Crippen molar-refractivity contribution in [2.24, 2.45) is 0 Å². The lowest BCUT2D eigenvalue weighted by atomic mass is 10.0. The van der Waals surface area contributed by atoms with Gasteiger partial charge in [-0.2, -0.15) is 0 Å². The van der Waals surface area contributed by atoms with Gasteiger partial charge in [0.25, 0.3) is 0 Å². The largest absolute Gasteiger partial charge is 0.294 e. The number of Topliss-reactive ketones (excluding diaryl/α,β-unsaturated/α-hetero) is 1. The van der Waals surface area contributed by atoms with Gasteiger partial charge in [0.2, 0.25) is 11.8 Å². The van der Waals surface area contributed by atoms with Gasteiger partial charge in [0.1, 0.15) is 5.82 Å². The Labute approximate surface area is 151 Å². The average Bonchev–Trinajstić information content (AvgIpc) is 3.04. The Morgan fingerprint density at radius 1 is 1.00 bits per heavy atom.